The van der Waals surface area contributed by atoms with E-state index in [1.165, 1.54) is 23.6 Å². The quantitative estimate of drug-likeness (QED) is 0.405. The van der Waals surface area contributed by atoms with E-state index in [9.17, 15) is 14.7 Å². The number of rotatable bonds is 7. The SMILES string of the molecule is O=C(O)CCCCCn1c(O)c(/C=c2/cc/c(=c3/ccc4c(c3)C(=O)C=CN=4)o2)sc1=S. The van der Waals surface area contributed by atoms with Crippen molar-refractivity contribution in [1.82, 2.24) is 4.57 Å². The molecule has 0 atom stereocenters. The number of aliphatic carboxylic acids is 1. The second-order valence-corrected chi connectivity index (χ2v) is 8.97. The molecule has 0 bridgehead atoms. The molecule has 0 aliphatic carbocycles. The summed E-state index contributed by atoms with van der Waals surface area (Å²) in [6.07, 6.45) is 6.87. The maximum Gasteiger partial charge on any atom is 0.303 e. The highest BCUT2D eigenvalue weighted by Crippen LogP contribution is 2.27. The van der Waals surface area contributed by atoms with Crippen molar-refractivity contribution in [2.45, 2.75) is 32.2 Å². The van der Waals surface area contributed by atoms with Gasteiger partial charge in [-0.2, -0.15) is 0 Å². The second kappa shape index (κ2) is 9.46. The van der Waals surface area contributed by atoms with Crippen molar-refractivity contribution < 1.29 is 24.2 Å². The van der Waals surface area contributed by atoms with E-state index in [1.54, 1.807) is 28.8 Å². The van der Waals surface area contributed by atoms with Crippen molar-refractivity contribution in [1.29, 1.82) is 0 Å². The fraction of sp³-hybridized carbons (Fsp3) is 0.217. The van der Waals surface area contributed by atoms with Crippen LogP contribution >= 0.6 is 23.6 Å². The average molecular weight is 469 g/mol. The Morgan fingerprint density at radius 2 is 2.06 bits per heavy atom. The van der Waals surface area contributed by atoms with Gasteiger partial charge in [-0.1, -0.05) is 6.42 Å². The van der Waals surface area contributed by atoms with Crippen LogP contribution in [0.15, 0.2) is 52.0 Å². The molecule has 0 fully saturated rings. The molecule has 0 amide bonds. The van der Waals surface area contributed by atoms with Crippen LogP contribution in [0.2, 0.25) is 0 Å². The van der Waals surface area contributed by atoms with Crippen LogP contribution in [0, 0.1) is 14.6 Å². The van der Waals surface area contributed by atoms with Crippen LogP contribution in [0.1, 0.15) is 40.9 Å². The minimum Gasteiger partial charge on any atom is -0.493 e. The number of hydrogen-bond donors (Lipinski definition) is 2. The Bertz CT molecular complexity index is 1490. The van der Waals surface area contributed by atoms with Gasteiger partial charge in [-0.25, -0.2) is 0 Å². The predicted molar refractivity (Wildman–Crippen MR) is 122 cm³/mol. The standard InChI is InChI=1S/C23H20N2O5S2/c26-18-9-10-24-17-7-5-14(12-16(17)18)19-8-6-15(30-19)13-20-22(29)25(23(31)32-20)11-3-1-2-4-21(27)28/h5-10,12-13,29H,1-4,11H2,(H,27,28)/b15-13-,19-14+. The summed E-state index contributed by atoms with van der Waals surface area (Å²) in [5.41, 5.74) is 1.68. The normalized spacial score (nSPS) is 14.4. The number of furan rings is 1. The molecule has 1 aliphatic heterocycles. The first-order valence-electron chi connectivity index (χ1n) is 10.1. The van der Waals surface area contributed by atoms with E-state index in [1.807, 2.05) is 12.1 Å². The van der Waals surface area contributed by atoms with Gasteiger partial charge in [-0.15, -0.1) is 11.3 Å². The highest BCUT2D eigenvalue weighted by atomic mass is 32.1. The zero-order valence-electron chi connectivity index (χ0n) is 17.0. The third-order valence-corrected chi connectivity index (χ3v) is 6.44. The molecule has 3 heterocycles. The summed E-state index contributed by atoms with van der Waals surface area (Å²) in [6, 6.07) is 8.99. The number of ketones is 1. The maximum atomic E-state index is 12.1. The number of unbranched alkanes of at least 4 members (excludes halogenated alkanes) is 2. The van der Waals surface area contributed by atoms with Crippen molar-refractivity contribution in [3.05, 3.63) is 78.4 Å². The van der Waals surface area contributed by atoms with Gasteiger partial charge >= 0.3 is 5.97 Å². The number of nitrogens with zero attached hydrogens (tertiary/aromatic N) is 2. The molecule has 2 aromatic heterocycles. The van der Waals surface area contributed by atoms with Gasteiger partial charge in [0.15, 0.2) is 9.74 Å². The summed E-state index contributed by atoms with van der Waals surface area (Å²) in [7, 11) is 0. The fourth-order valence-electron chi connectivity index (χ4n) is 3.42. The number of aromatic hydroxyl groups is 1. The predicted octanol–water partition coefficient (Wildman–Crippen LogP) is 3.67. The van der Waals surface area contributed by atoms with E-state index < -0.39 is 5.97 Å². The molecule has 3 aromatic rings. The van der Waals surface area contributed by atoms with Crippen molar-refractivity contribution in [3.63, 3.8) is 0 Å². The summed E-state index contributed by atoms with van der Waals surface area (Å²) in [4.78, 5) is 27.5. The molecule has 164 valence electrons. The Kier molecular flexibility index (Phi) is 6.48. The maximum absolute atomic E-state index is 12.1. The lowest BCUT2D eigenvalue weighted by Crippen LogP contribution is -2.16. The average Bonchev–Trinajstić information content (AvgIpc) is 3.33. The summed E-state index contributed by atoms with van der Waals surface area (Å²) >= 11 is 6.66. The largest absolute Gasteiger partial charge is 0.493 e. The second-order valence-electron chi connectivity index (χ2n) is 7.30. The number of thiazole rings is 1. The lowest BCUT2D eigenvalue weighted by atomic mass is 10.1. The third kappa shape index (κ3) is 4.79. The van der Waals surface area contributed by atoms with E-state index in [0.29, 0.717) is 43.5 Å². The first-order valence-corrected chi connectivity index (χ1v) is 11.3. The Labute approximate surface area is 191 Å². The molecule has 0 radical (unpaired) electrons. The van der Waals surface area contributed by atoms with Gasteiger partial charge in [0.2, 0.25) is 5.88 Å². The van der Waals surface area contributed by atoms with Crippen LogP contribution in [0.3, 0.4) is 0 Å². The number of aromatic nitrogens is 1. The zero-order chi connectivity index (χ0) is 22.7. The highest BCUT2D eigenvalue weighted by molar-refractivity contribution is 7.73. The number of hydrogen-bond acceptors (Lipinski definition) is 7. The Hall–Kier alpha value is -3.30. The van der Waals surface area contributed by atoms with Crippen LogP contribution in [0.5, 0.6) is 5.88 Å². The number of benzene rings is 1. The van der Waals surface area contributed by atoms with Crippen molar-refractivity contribution in [2.75, 3.05) is 0 Å². The summed E-state index contributed by atoms with van der Waals surface area (Å²) in [6.45, 7) is 0.528. The molecule has 32 heavy (non-hydrogen) atoms. The fourth-order valence-corrected chi connectivity index (χ4v) is 4.72. The topological polar surface area (TPSA) is 105 Å². The number of carbonyl (C=O) groups is 2. The van der Waals surface area contributed by atoms with Crippen LogP contribution in [0.25, 0.3) is 6.08 Å². The van der Waals surface area contributed by atoms with Gasteiger partial charge in [-0.05, 0) is 55.4 Å². The van der Waals surface area contributed by atoms with E-state index in [0.717, 1.165) is 18.1 Å². The summed E-state index contributed by atoms with van der Waals surface area (Å²) in [5, 5.41) is 20.7. The van der Waals surface area contributed by atoms with Crippen molar-refractivity contribution >= 4 is 41.4 Å². The Morgan fingerprint density at radius 3 is 2.88 bits per heavy atom. The van der Waals surface area contributed by atoms with E-state index in [4.69, 9.17) is 21.7 Å². The smallest absolute Gasteiger partial charge is 0.303 e. The van der Waals surface area contributed by atoms with Crippen LogP contribution < -0.4 is 10.8 Å². The Balaban J connectivity index is 1.60. The monoisotopic (exact) mass is 468 g/mol. The van der Waals surface area contributed by atoms with Crippen molar-refractivity contribution in [2.24, 2.45) is 4.99 Å². The van der Waals surface area contributed by atoms with E-state index in [2.05, 4.69) is 4.99 Å². The molecule has 0 spiro atoms. The minimum atomic E-state index is -0.802. The number of fused-ring (bicyclic) bond motifs is 1. The van der Waals surface area contributed by atoms with Gasteiger partial charge < -0.3 is 14.6 Å². The summed E-state index contributed by atoms with van der Waals surface area (Å²) in [5.74, 6) is -0.823. The molecule has 4 rings (SSSR count). The molecule has 1 aliphatic rings. The number of carboxylic acids is 1. The molecule has 7 nitrogen and oxygen atoms in total. The molecule has 0 saturated carbocycles. The lowest BCUT2D eigenvalue weighted by Gasteiger charge is -2.04. The first-order chi connectivity index (χ1) is 15.4. The number of allylic oxidation sites excluding steroid dienone is 1. The third-order valence-electron chi connectivity index (χ3n) is 5.05. The van der Waals surface area contributed by atoms with Gasteiger partial charge in [0.05, 0.1) is 10.2 Å². The van der Waals surface area contributed by atoms with E-state index >= 15 is 0 Å². The van der Waals surface area contributed by atoms with E-state index in [-0.39, 0.29) is 18.1 Å². The number of carboxylic acid groups (broad SMARTS) is 1. The zero-order valence-corrected chi connectivity index (χ0v) is 18.6. The molecule has 2 N–H and O–H groups in total. The molecule has 1 aromatic carbocycles. The first kappa shape index (κ1) is 21.9. The molecule has 0 unspecified atom stereocenters. The minimum absolute atomic E-state index is 0.0731. The molecular weight excluding hydrogens is 448 g/mol. The van der Waals surface area contributed by atoms with Crippen LogP contribution in [0.4, 0.5) is 0 Å². The van der Waals surface area contributed by atoms with Crippen molar-refractivity contribution in [3.8, 4) is 5.88 Å². The summed E-state index contributed by atoms with van der Waals surface area (Å²) < 4.78 is 8.12. The van der Waals surface area contributed by atoms with Gasteiger partial charge in [0.1, 0.15) is 10.8 Å². The number of carbonyl (C=O) groups excluding carboxylic acids is 1. The van der Waals surface area contributed by atoms with Crippen LogP contribution in [-0.4, -0.2) is 26.5 Å². The Morgan fingerprint density at radius 1 is 1.22 bits per heavy atom. The van der Waals surface area contributed by atoms with Gasteiger partial charge in [0.25, 0.3) is 0 Å². The van der Waals surface area contributed by atoms with Crippen LogP contribution in [-0.2, 0) is 11.3 Å². The lowest BCUT2D eigenvalue weighted by molar-refractivity contribution is -0.137. The molecular formula is C23H20N2O5S2. The van der Waals surface area contributed by atoms with Gasteiger partial charge in [-0.3, -0.25) is 19.1 Å². The molecule has 0 saturated heterocycles. The molecule has 9 heteroatoms. The van der Waals surface area contributed by atoms with Gasteiger partial charge in [0, 0.05) is 42.1 Å². The highest BCUT2D eigenvalue weighted by Gasteiger charge is 2.11.